The number of aliphatic hydroxyl groups is 1. The first-order chi connectivity index (χ1) is 9.33. The first-order valence-corrected chi connectivity index (χ1v) is 5.76. The number of halogens is 4. The summed E-state index contributed by atoms with van der Waals surface area (Å²) in [7, 11) is 0. The molecule has 0 spiro atoms. The van der Waals surface area contributed by atoms with Crippen LogP contribution in [0.4, 0.5) is 17.6 Å². The average molecular weight is 289 g/mol. The smallest absolute Gasteiger partial charge is 0.391 e. The van der Waals surface area contributed by atoms with Gasteiger partial charge < -0.3 is 9.84 Å². The molecule has 0 aliphatic heterocycles. The molecule has 0 bridgehead atoms. The van der Waals surface area contributed by atoms with Crippen molar-refractivity contribution >= 4 is 10.9 Å². The zero-order chi connectivity index (χ0) is 14.8. The van der Waals surface area contributed by atoms with E-state index in [0.717, 1.165) is 0 Å². The van der Waals surface area contributed by atoms with Crippen LogP contribution in [-0.2, 0) is 0 Å². The molecule has 0 saturated carbocycles. The van der Waals surface area contributed by atoms with E-state index in [-0.39, 0.29) is 5.75 Å². The molecule has 0 aliphatic carbocycles. The molecule has 1 atom stereocenters. The summed E-state index contributed by atoms with van der Waals surface area (Å²) >= 11 is 0. The van der Waals surface area contributed by atoms with E-state index in [1.165, 1.54) is 30.5 Å². The van der Waals surface area contributed by atoms with Gasteiger partial charge in [0.15, 0.2) is 0 Å². The number of hydrogen-bond donors (Lipinski definition) is 1. The monoisotopic (exact) mass is 289 g/mol. The molecule has 0 amide bonds. The molecule has 0 aliphatic rings. The maximum absolute atomic E-state index is 13.0. The van der Waals surface area contributed by atoms with Crippen molar-refractivity contribution in [2.24, 2.45) is 0 Å². The highest BCUT2D eigenvalue weighted by atomic mass is 19.4. The minimum atomic E-state index is -4.45. The van der Waals surface area contributed by atoms with Crippen molar-refractivity contribution in [1.82, 2.24) is 4.98 Å². The number of pyridine rings is 1. The van der Waals surface area contributed by atoms with Gasteiger partial charge in [-0.25, -0.2) is 4.39 Å². The first kappa shape index (κ1) is 14.5. The summed E-state index contributed by atoms with van der Waals surface area (Å²) in [5.41, 5.74) is 0.537. The molecule has 20 heavy (non-hydrogen) atoms. The van der Waals surface area contributed by atoms with Crippen LogP contribution >= 0.6 is 0 Å². The Labute approximate surface area is 111 Å². The van der Waals surface area contributed by atoms with E-state index in [4.69, 9.17) is 4.74 Å². The Morgan fingerprint density at radius 3 is 2.70 bits per heavy atom. The van der Waals surface area contributed by atoms with Gasteiger partial charge >= 0.3 is 6.18 Å². The quantitative estimate of drug-likeness (QED) is 0.880. The fourth-order valence-corrected chi connectivity index (χ4v) is 1.68. The Morgan fingerprint density at radius 1 is 1.25 bits per heavy atom. The van der Waals surface area contributed by atoms with Crippen molar-refractivity contribution in [2.45, 2.75) is 18.7 Å². The topological polar surface area (TPSA) is 42.4 Å². The Kier molecular flexibility index (Phi) is 4.08. The van der Waals surface area contributed by atoms with Gasteiger partial charge in [-0.05, 0) is 24.3 Å². The summed E-state index contributed by atoms with van der Waals surface area (Å²) in [6.45, 7) is -0.512. The van der Waals surface area contributed by atoms with Crippen LogP contribution in [0.3, 0.4) is 0 Å². The Balaban J connectivity index is 2.03. The number of nitrogens with zero attached hydrogens (tertiary/aromatic N) is 1. The molecule has 2 rings (SSSR count). The van der Waals surface area contributed by atoms with Gasteiger partial charge in [-0.15, -0.1) is 0 Å². The van der Waals surface area contributed by atoms with Crippen LogP contribution in [0, 0.1) is 5.82 Å². The lowest BCUT2D eigenvalue weighted by Crippen LogP contribution is -2.25. The van der Waals surface area contributed by atoms with Gasteiger partial charge in [-0.3, -0.25) is 4.98 Å². The van der Waals surface area contributed by atoms with Crippen molar-refractivity contribution in [2.75, 3.05) is 6.61 Å². The Hall–Kier alpha value is -1.89. The van der Waals surface area contributed by atoms with Crippen LogP contribution in [0.1, 0.15) is 6.42 Å². The summed E-state index contributed by atoms with van der Waals surface area (Å²) in [6, 6.07) is 5.42. The van der Waals surface area contributed by atoms with E-state index >= 15 is 0 Å². The van der Waals surface area contributed by atoms with E-state index in [1.54, 1.807) is 0 Å². The van der Waals surface area contributed by atoms with Crippen LogP contribution in [0.2, 0.25) is 0 Å². The molecule has 1 aromatic carbocycles. The number of aromatic nitrogens is 1. The molecular formula is C13H11F4NO2. The van der Waals surface area contributed by atoms with Gasteiger partial charge in [0.05, 0.1) is 24.2 Å². The fourth-order valence-electron chi connectivity index (χ4n) is 1.68. The van der Waals surface area contributed by atoms with E-state index in [0.29, 0.717) is 10.9 Å². The van der Waals surface area contributed by atoms with Crippen LogP contribution < -0.4 is 4.74 Å². The maximum Gasteiger partial charge on any atom is 0.391 e. The molecular weight excluding hydrogens is 278 g/mol. The number of ether oxygens (including phenoxy) is 1. The predicted octanol–water partition coefficient (Wildman–Crippen LogP) is 3.07. The van der Waals surface area contributed by atoms with Crippen molar-refractivity contribution in [3.8, 4) is 5.75 Å². The molecule has 0 fully saturated rings. The second-order valence-electron chi connectivity index (χ2n) is 4.29. The number of hydrogen-bond acceptors (Lipinski definition) is 3. The number of alkyl halides is 3. The molecule has 1 aromatic heterocycles. The second kappa shape index (κ2) is 5.62. The number of benzene rings is 1. The summed E-state index contributed by atoms with van der Waals surface area (Å²) in [6.07, 6.45) is -6.14. The van der Waals surface area contributed by atoms with Crippen LogP contribution in [-0.4, -0.2) is 29.0 Å². The third kappa shape index (κ3) is 4.06. The zero-order valence-corrected chi connectivity index (χ0v) is 10.2. The molecule has 7 heteroatoms. The number of aliphatic hydroxyl groups excluding tert-OH is 1. The number of fused-ring (bicyclic) bond motifs is 1. The molecule has 0 saturated heterocycles. The zero-order valence-electron chi connectivity index (χ0n) is 10.2. The fraction of sp³-hybridized carbons (Fsp3) is 0.308. The van der Waals surface area contributed by atoms with Gasteiger partial charge in [0, 0.05) is 5.39 Å². The van der Waals surface area contributed by atoms with Crippen LogP contribution in [0.15, 0.2) is 30.5 Å². The molecule has 0 radical (unpaired) electrons. The summed E-state index contributed by atoms with van der Waals surface area (Å²) in [4.78, 5) is 3.98. The lowest BCUT2D eigenvalue weighted by atomic mass is 10.2. The van der Waals surface area contributed by atoms with Gasteiger partial charge in [0.25, 0.3) is 0 Å². The second-order valence-corrected chi connectivity index (χ2v) is 4.29. The van der Waals surface area contributed by atoms with Crippen molar-refractivity contribution < 1.29 is 27.4 Å². The van der Waals surface area contributed by atoms with E-state index < -0.39 is 31.1 Å². The standard InChI is InChI=1S/C13H11F4NO2/c14-9-1-2-12-8(3-9)4-11(6-18-12)20-7-10(19)5-13(15,16)17/h1-4,6,10,19H,5,7H2/t10-/m1/s1. The van der Waals surface area contributed by atoms with Crippen LogP contribution in [0.25, 0.3) is 10.9 Å². The minimum Gasteiger partial charge on any atom is -0.489 e. The lowest BCUT2D eigenvalue weighted by Gasteiger charge is -2.14. The van der Waals surface area contributed by atoms with E-state index in [9.17, 15) is 22.7 Å². The Bertz CT molecular complexity index is 600. The molecule has 0 unspecified atom stereocenters. The molecule has 2 aromatic rings. The summed E-state index contributed by atoms with van der Waals surface area (Å²) in [5, 5.41) is 9.64. The van der Waals surface area contributed by atoms with Crippen molar-refractivity contribution in [3.05, 3.63) is 36.3 Å². The lowest BCUT2D eigenvalue weighted by molar-refractivity contribution is -0.156. The average Bonchev–Trinajstić information content (AvgIpc) is 2.33. The van der Waals surface area contributed by atoms with Gasteiger partial charge in [0.2, 0.25) is 0 Å². The molecule has 3 nitrogen and oxygen atoms in total. The van der Waals surface area contributed by atoms with Crippen molar-refractivity contribution in [3.63, 3.8) is 0 Å². The highest BCUT2D eigenvalue weighted by Gasteiger charge is 2.31. The van der Waals surface area contributed by atoms with Gasteiger partial charge in [-0.2, -0.15) is 13.2 Å². The predicted molar refractivity (Wildman–Crippen MR) is 63.9 cm³/mol. The Morgan fingerprint density at radius 2 is 2.00 bits per heavy atom. The maximum atomic E-state index is 13.0. The highest BCUT2D eigenvalue weighted by Crippen LogP contribution is 2.23. The minimum absolute atomic E-state index is 0.171. The SMILES string of the molecule is O[C@@H](COc1cnc2ccc(F)cc2c1)CC(F)(F)F. The largest absolute Gasteiger partial charge is 0.489 e. The van der Waals surface area contributed by atoms with Crippen LogP contribution in [0.5, 0.6) is 5.75 Å². The third-order valence-corrected chi connectivity index (χ3v) is 2.53. The molecule has 1 N–H and O–H groups in total. The number of rotatable bonds is 4. The third-order valence-electron chi connectivity index (χ3n) is 2.53. The normalized spacial score (nSPS) is 13.4. The van der Waals surface area contributed by atoms with Gasteiger partial charge in [0.1, 0.15) is 18.2 Å². The summed E-state index contributed by atoms with van der Waals surface area (Å²) < 4.78 is 54.1. The first-order valence-electron chi connectivity index (χ1n) is 5.76. The van der Waals surface area contributed by atoms with E-state index in [1.807, 2.05) is 0 Å². The molecule has 108 valence electrons. The van der Waals surface area contributed by atoms with Crippen molar-refractivity contribution in [1.29, 1.82) is 0 Å². The highest BCUT2D eigenvalue weighted by molar-refractivity contribution is 5.79. The summed E-state index contributed by atoms with van der Waals surface area (Å²) in [5.74, 6) is -0.280. The molecule has 1 heterocycles. The van der Waals surface area contributed by atoms with Gasteiger partial charge in [-0.1, -0.05) is 0 Å². The van der Waals surface area contributed by atoms with E-state index in [2.05, 4.69) is 4.98 Å².